The Labute approximate surface area is 113 Å². The average Bonchev–Trinajstić information content (AvgIpc) is 2.65. The predicted octanol–water partition coefficient (Wildman–Crippen LogP) is -0.131. The number of likely N-dealkylation sites (tertiary alicyclic amines) is 1. The van der Waals surface area contributed by atoms with E-state index in [1.54, 1.807) is 0 Å². The van der Waals surface area contributed by atoms with Crippen molar-refractivity contribution in [2.24, 2.45) is 17.1 Å². The molecule has 3 amide bonds. The van der Waals surface area contributed by atoms with Gasteiger partial charge in [0, 0.05) is 6.54 Å². The molecule has 1 rings (SSSR count). The van der Waals surface area contributed by atoms with Gasteiger partial charge in [-0.2, -0.15) is 0 Å². The van der Waals surface area contributed by atoms with Gasteiger partial charge in [-0.1, -0.05) is 27.7 Å². The lowest BCUT2D eigenvalue weighted by atomic mass is 9.85. The summed E-state index contributed by atoms with van der Waals surface area (Å²) in [4.78, 5) is 36.2. The Kier molecular flexibility index (Phi) is 4.55. The number of hydrogen-bond acceptors (Lipinski definition) is 3. The molecule has 0 aromatic rings. The molecule has 3 N–H and O–H groups in total. The fourth-order valence-electron chi connectivity index (χ4n) is 2.55. The molecule has 6 nitrogen and oxygen atoms in total. The topological polar surface area (TPSA) is 92.5 Å². The van der Waals surface area contributed by atoms with Crippen molar-refractivity contribution in [2.75, 3.05) is 6.54 Å². The van der Waals surface area contributed by atoms with Crippen LogP contribution in [0.1, 0.15) is 34.1 Å². The summed E-state index contributed by atoms with van der Waals surface area (Å²) < 4.78 is 0. The van der Waals surface area contributed by atoms with Crippen LogP contribution in [0.25, 0.3) is 0 Å². The fraction of sp³-hybridized carbons (Fsp3) is 0.769. The van der Waals surface area contributed by atoms with Crippen LogP contribution in [0.4, 0.5) is 0 Å². The third-order valence-electron chi connectivity index (χ3n) is 3.62. The van der Waals surface area contributed by atoms with Gasteiger partial charge >= 0.3 is 0 Å². The van der Waals surface area contributed by atoms with Crippen molar-refractivity contribution in [1.29, 1.82) is 0 Å². The molecule has 0 unspecified atom stereocenters. The minimum absolute atomic E-state index is 0.0540. The lowest BCUT2D eigenvalue weighted by molar-refractivity contribution is -0.142. The van der Waals surface area contributed by atoms with Crippen LogP contribution in [-0.4, -0.2) is 41.8 Å². The Hall–Kier alpha value is -1.59. The summed E-state index contributed by atoms with van der Waals surface area (Å²) in [5.41, 5.74) is 4.95. The molecular weight excluding hydrogens is 246 g/mol. The largest absolute Gasteiger partial charge is 0.368 e. The first kappa shape index (κ1) is 15.5. The Morgan fingerprint density at radius 3 is 2.42 bits per heavy atom. The van der Waals surface area contributed by atoms with Crippen LogP contribution >= 0.6 is 0 Å². The Morgan fingerprint density at radius 1 is 1.42 bits per heavy atom. The first-order valence-electron chi connectivity index (χ1n) is 6.49. The third kappa shape index (κ3) is 3.24. The summed E-state index contributed by atoms with van der Waals surface area (Å²) in [6, 6.07) is -1.23. The Balaban J connectivity index is 2.97. The molecule has 0 spiro atoms. The molecule has 6 heteroatoms. The predicted molar refractivity (Wildman–Crippen MR) is 70.9 cm³/mol. The minimum Gasteiger partial charge on any atom is -0.368 e. The van der Waals surface area contributed by atoms with E-state index in [0.29, 0.717) is 13.0 Å². The highest BCUT2D eigenvalue weighted by atomic mass is 16.2. The first-order chi connectivity index (χ1) is 8.70. The molecule has 1 saturated heterocycles. The van der Waals surface area contributed by atoms with Crippen LogP contribution < -0.4 is 11.1 Å². The van der Waals surface area contributed by atoms with Crippen LogP contribution in [-0.2, 0) is 14.4 Å². The number of primary amides is 1. The molecule has 0 aromatic carbocycles. The van der Waals surface area contributed by atoms with Crippen LogP contribution in [0.5, 0.6) is 0 Å². The SMILES string of the molecule is C[C@@H]1CCN(C(=O)[C@@H](NC=O)C(C)(C)C)[C@@H]1C(N)=O. The number of nitrogens with two attached hydrogens (primary N) is 1. The number of carbonyl (C=O) groups is 3. The standard InChI is InChI=1S/C13H23N3O3/c1-8-5-6-16(9(8)11(14)18)12(19)10(15-7-17)13(2,3)4/h7-10H,5-6H2,1-4H3,(H2,14,18)(H,15,17)/t8-,9+,10-/m1/s1. The van der Waals surface area contributed by atoms with Gasteiger partial charge in [0.2, 0.25) is 18.2 Å². The van der Waals surface area contributed by atoms with Crippen LogP contribution in [0.15, 0.2) is 0 Å². The van der Waals surface area contributed by atoms with E-state index in [9.17, 15) is 14.4 Å². The molecule has 1 fully saturated rings. The second-order valence-corrected chi connectivity index (χ2v) is 6.23. The van der Waals surface area contributed by atoms with Gasteiger partial charge in [0.05, 0.1) is 0 Å². The second kappa shape index (κ2) is 5.59. The molecule has 3 atom stereocenters. The normalized spacial score (nSPS) is 24.9. The number of rotatable bonds is 4. The number of nitrogens with one attached hydrogen (secondary N) is 1. The summed E-state index contributed by atoms with van der Waals surface area (Å²) in [6.45, 7) is 8.00. The molecule has 1 aliphatic rings. The second-order valence-electron chi connectivity index (χ2n) is 6.23. The molecular formula is C13H23N3O3. The summed E-state index contributed by atoms with van der Waals surface area (Å²) in [5, 5.41) is 2.55. The van der Waals surface area contributed by atoms with Gasteiger partial charge in [0.25, 0.3) is 0 Å². The van der Waals surface area contributed by atoms with Crippen molar-refractivity contribution >= 4 is 18.2 Å². The number of hydrogen-bond donors (Lipinski definition) is 2. The molecule has 0 bridgehead atoms. The monoisotopic (exact) mass is 269 g/mol. The van der Waals surface area contributed by atoms with Crippen LogP contribution in [0.3, 0.4) is 0 Å². The van der Waals surface area contributed by atoms with E-state index in [2.05, 4.69) is 5.32 Å². The molecule has 108 valence electrons. The van der Waals surface area contributed by atoms with Crippen LogP contribution in [0, 0.1) is 11.3 Å². The van der Waals surface area contributed by atoms with Gasteiger partial charge in [-0.25, -0.2) is 0 Å². The average molecular weight is 269 g/mol. The first-order valence-corrected chi connectivity index (χ1v) is 6.49. The zero-order valence-corrected chi connectivity index (χ0v) is 12.0. The number of amides is 3. The molecule has 19 heavy (non-hydrogen) atoms. The van der Waals surface area contributed by atoms with E-state index in [-0.39, 0.29) is 11.8 Å². The number of nitrogens with zero attached hydrogens (tertiary/aromatic N) is 1. The van der Waals surface area contributed by atoms with Gasteiger partial charge in [0.15, 0.2) is 0 Å². The van der Waals surface area contributed by atoms with Crippen molar-refractivity contribution in [3.63, 3.8) is 0 Å². The van der Waals surface area contributed by atoms with Crippen LogP contribution in [0.2, 0.25) is 0 Å². The minimum atomic E-state index is -0.655. The van der Waals surface area contributed by atoms with E-state index in [1.165, 1.54) is 4.90 Å². The lowest BCUT2D eigenvalue weighted by Gasteiger charge is -2.34. The Morgan fingerprint density at radius 2 is 2.00 bits per heavy atom. The van der Waals surface area contributed by atoms with Gasteiger partial charge in [-0.05, 0) is 17.8 Å². The van der Waals surface area contributed by atoms with Crippen molar-refractivity contribution in [1.82, 2.24) is 10.2 Å². The maximum Gasteiger partial charge on any atom is 0.246 e. The summed E-state index contributed by atoms with van der Waals surface area (Å²) in [7, 11) is 0. The number of carbonyl (C=O) groups excluding carboxylic acids is 3. The Bertz CT molecular complexity index is 376. The maximum absolute atomic E-state index is 12.5. The van der Waals surface area contributed by atoms with Gasteiger partial charge < -0.3 is 16.0 Å². The van der Waals surface area contributed by atoms with E-state index in [4.69, 9.17) is 5.73 Å². The third-order valence-corrected chi connectivity index (χ3v) is 3.62. The van der Waals surface area contributed by atoms with E-state index < -0.39 is 23.4 Å². The van der Waals surface area contributed by atoms with Gasteiger partial charge in [0.1, 0.15) is 12.1 Å². The highest BCUT2D eigenvalue weighted by Crippen LogP contribution is 2.28. The quantitative estimate of drug-likeness (QED) is 0.696. The molecule has 0 aliphatic carbocycles. The maximum atomic E-state index is 12.5. The lowest BCUT2D eigenvalue weighted by Crippen LogP contribution is -2.56. The van der Waals surface area contributed by atoms with Crippen molar-refractivity contribution in [3.8, 4) is 0 Å². The summed E-state index contributed by atoms with van der Waals surface area (Å²) in [6.07, 6.45) is 1.27. The molecule has 0 saturated carbocycles. The highest BCUT2D eigenvalue weighted by molar-refractivity contribution is 5.91. The van der Waals surface area contributed by atoms with E-state index in [1.807, 2.05) is 27.7 Å². The fourth-order valence-corrected chi connectivity index (χ4v) is 2.55. The molecule has 0 radical (unpaired) electrons. The smallest absolute Gasteiger partial charge is 0.246 e. The summed E-state index contributed by atoms with van der Waals surface area (Å²) in [5.74, 6) is -0.678. The van der Waals surface area contributed by atoms with E-state index >= 15 is 0 Å². The molecule has 0 aromatic heterocycles. The zero-order valence-electron chi connectivity index (χ0n) is 12.0. The zero-order chi connectivity index (χ0) is 14.8. The molecule has 1 aliphatic heterocycles. The van der Waals surface area contributed by atoms with E-state index in [0.717, 1.165) is 6.42 Å². The van der Waals surface area contributed by atoms with Gasteiger partial charge in [-0.15, -0.1) is 0 Å². The van der Waals surface area contributed by atoms with Crippen molar-refractivity contribution < 1.29 is 14.4 Å². The van der Waals surface area contributed by atoms with Crippen molar-refractivity contribution in [3.05, 3.63) is 0 Å². The van der Waals surface area contributed by atoms with Gasteiger partial charge in [-0.3, -0.25) is 14.4 Å². The highest BCUT2D eigenvalue weighted by Gasteiger charge is 2.43. The molecule has 1 heterocycles. The van der Waals surface area contributed by atoms with Crippen molar-refractivity contribution in [2.45, 2.75) is 46.2 Å². The summed E-state index contributed by atoms with van der Waals surface area (Å²) >= 11 is 0.